The molecule has 0 aromatic heterocycles. The predicted molar refractivity (Wildman–Crippen MR) is 111 cm³/mol. The van der Waals surface area contributed by atoms with Crippen LogP contribution in [0.2, 0.25) is 0 Å². The van der Waals surface area contributed by atoms with Gasteiger partial charge in [0.25, 0.3) is 5.91 Å². The van der Waals surface area contributed by atoms with Crippen molar-refractivity contribution in [2.45, 2.75) is 0 Å². The van der Waals surface area contributed by atoms with Crippen molar-refractivity contribution in [3.05, 3.63) is 71.2 Å². The highest BCUT2D eigenvalue weighted by molar-refractivity contribution is 8.27. The van der Waals surface area contributed by atoms with Gasteiger partial charge in [-0.3, -0.25) is 9.69 Å². The number of rotatable bonds is 5. The molecule has 0 spiro atoms. The van der Waals surface area contributed by atoms with Crippen molar-refractivity contribution in [3.8, 4) is 11.5 Å². The van der Waals surface area contributed by atoms with Gasteiger partial charge in [0, 0.05) is 6.07 Å². The van der Waals surface area contributed by atoms with Crippen molar-refractivity contribution in [1.82, 2.24) is 0 Å². The number of hydrogen-bond acceptors (Lipinski definition) is 5. The number of amides is 1. The summed E-state index contributed by atoms with van der Waals surface area (Å²) in [7, 11) is 3.13. The van der Waals surface area contributed by atoms with Crippen molar-refractivity contribution in [1.29, 1.82) is 0 Å². The summed E-state index contributed by atoms with van der Waals surface area (Å²) >= 11 is 6.68. The molecule has 0 saturated carbocycles. The minimum atomic E-state index is -0.166. The van der Waals surface area contributed by atoms with Crippen LogP contribution in [0.4, 0.5) is 5.69 Å². The molecule has 0 atom stereocenters. The number of carbonyl (C=O) groups is 1. The largest absolute Gasteiger partial charge is 0.497 e. The molecule has 1 fully saturated rings. The van der Waals surface area contributed by atoms with Crippen molar-refractivity contribution in [2.75, 3.05) is 19.1 Å². The third kappa shape index (κ3) is 3.81. The van der Waals surface area contributed by atoms with Crippen molar-refractivity contribution in [2.24, 2.45) is 0 Å². The molecular formula is C20H17NO3S2. The predicted octanol–water partition coefficient (Wildman–Crippen LogP) is 4.67. The SMILES string of the molecule is COc1ccc(N2C(=O)/C(=C/C=C/c3ccccc3)SC2=S)c(OC)c1. The summed E-state index contributed by atoms with van der Waals surface area (Å²) in [5.41, 5.74) is 1.67. The average Bonchev–Trinajstić information content (AvgIpc) is 2.95. The van der Waals surface area contributed by atoms with Gasteiger partial charge >= 0.3 is 0 Å². The number of anilines is 1. The smallest absolute Gasteiger partial charge is 0.270 e. The van der Waals surface area contributed by atoms with Gasteiger partial charge in [-0.15, -0.1) is 0 Å². The molecule has 26 heavy (non-hydrogen) atoms. The van der Waals surface area contributed by atoms with E-state index in [0.717, 1.165) is 5.56 Å². The van der Waals surface area contributed by atoms with Gasteiger partial charge in [-0.25, -0.2) is 0 Å². The molecule has 1 amide bonds. The molecule has 4 nitrogen and oxygen atoms in total. The molecule has 0 aliphatic carbocycles. The third-order valence-electron chi connectivity index (χ3n) is 3.76. The quantitative estimate of drug-likeness (QED) is 0.554. The van der Waals surface area contributed by atoms with Crippen LogP contribution in [0.1, 0.15) is 5.56 Å². The van der Waals surface area contributed by atoms with Crippen molar-refractivity contribution in [3.63, 3.8) is 0 Å². The van der Waals surface area contributed by atoms with Crippen molar-refractivity contribution < 1.29 is 14.3 Å². The minimum Gasteiger partial charge on any atom is -0.497 e. The first-order chi connectivity index (χ1) is 12.6. The monoisotopic (exact) mass is 383 g/mol. The Morgan fingerprint density at radius 1 is 1.08 bits per heavy atom. The molecule has 0 N–H and O–H groups in total. The Bertz CT molecular complexity index is 891. The molecular weight excluding hydrogens is 366 g/mol. The Morgan fingerprint density at radius 3 is 2.54 bits per heavy atom. The fourth-order valence-corrected chi connectivity index (χ4v) is 3.71. The van der Waals surface area contributed by atoms with E-state index in [-0.39, 0.29) is 5.91 Å². The highest BCUT2D eigenvalue weighted by Gasteiger charge is 2.34. The molecule has 3 rings (SSSR count). The van der Waals surface area contributed by atoms with Crippen LogP contribution >= 0.6 is 24.0 Å². The zero-order chi connectivity index (χ0) is 18.5. The highest BCUT2D eigenvalue weighted by Crippen LogP contribution is 2.40. The van der Waals surface area contributed by atoms with Gasteiger partial charge in [0.05, 0.1) is 24.8 Å². The van der Waals surface area contributed by atoms with Crippen LogP contribution < -0.4 is 14.4 Å². The number of nitrogens with zero attached hydrogens (tertiary/aromatic N) is 1. The van der Waals surface area contributed by atoms with Crippen LogP contribution in [0, 0.1) is 0 Å². The van der Waals surface area contributed by atoms with E-state index in [9.17, 15) is 4.79 Å². The standard InChI is InChI=1S/C20H17NO3S2/c1-23-15-11-12-16(17(13-15)24-2)21-19(22)18(26-20(21)25)10-6-9-14-7-4-3-5-8-14/h3-13H,1-2H3/b9-6+,18-10-. The van der Waals surface area contributed by atoms with Crippen LogP contribution in [0.25, 0.3) is 6.08 Å². The zero-order valence-electron chi connectivity index (χ0n) is 14.3. The van der Waals surface area contributed by atoms with Gasteiger partial charge in [0.1, 0.15) is 11.5 Å². The van der Waals surface area contributed by atoms with Gasteiger partial charge < -0.3 is 9.47 Å². The minimum absolute atomic E-state index is 0.166. The van der Waals surface area contributed by atoms with E-state index in [0.29, 0.717) is 26.4 Å². The van der Waals surface area contributed by atoms with E-state index in [2.05, 4.69) is 0 Å². The fraction of sp³-hybridized carbons (Fsp3) is 0.100. The van der Waals surface area contributed by atoms with E-state index in [1.165, 1.54) is 16.7 Å². The maximum atomic E-state index is 12.8. The molecule has 0 bridgehead atoms. The molecule has 6 heteroatoms. The van der Waals surface area contributed by atoms with Crippen LogP contribution in [0.15, 0.2) is 65.6 Å². The lowest BCUT2D eigenvalue weighted by atomic mass is 10.2. The first kappa shape index (κ1) is 18.2. The lowest BCUT2D eigenvalue weighted by molar-refractivity contribution is -0.113. The molecule has 0 unspecified atom stereocenters. The number of ether oxygens (including phenoxy) is 2. The Morgan fingerprint density at radius 2 is 1.85 bits per heavy atom. The molecule has 1 saturated heterocycles. The maximum Gasteiger partial charge on any atom is 0.270 e. The molecule has 2 aromatic carbocycles. The van der Waals surface area contributed by atoms with E-state index < -0.39 is 0 Å². The number of thiocarbonyl (C=S) groups is 1. The van der Waals surface area contributed by atoms with Gasteiger partial charge in [0.15, 0.2) is 4.32 Å². The summed E-state index contributed by atoms with van der Waals surface area (Å²) in [6, 6.07) is 15.2. The second-order valence-corrected chi connectivity index (χ2v) is 7.02. The summed E-state index contributed by atoms with van der Waals surface area (Å²) in [6.07, 6.45) is 5.58. The second-order valence-electron chi connectivity index (χ2n) is 5.35. The first-order valence-corrected chi connectivity index (χ1v) is 9.08. The number of allylic oxidation sites excluding steroid dienone is 2. The van der Waals surface area contributed by atoms with Crippen LogP contribution in [-0.4, -0.2) is 24.4 Å². The Hall–Kier alpha value is -2.57. The normalized spacial score (nSPS) is 15.9. The molecule has 1 aliphatic heterocycles. The van der Waals surface area contributed by atoms with Crippen LogP contribution in [0.3, 0.4) is 0 Å². The van der Waals surface area contributed by atoms with Gasteiger partial charge in [-0.1, -0.05) is 66.5 Å². The van der Waals surface area contributed by atoms with E-state index >= 15 is 0 Å². The number of carbonyl (C=O) groups excluding carboxylic acids is 1. The zero-order valence-corrected chi connectivity index (χ0v) is 16.0. The summed E-state index contributed by atoms with van der Waals surface area (Å²) < 4.78 is 11.1. The topological polar surface area (TPSA) is 38.8 Å². The maximum absolute atomic E-state index is 12.8. The molecule has 2 aromatic rings. The number of hydrogen-bond donors (Lipinski definition) is 0. The number of methoxy groups -OCH3 is 2. The lowest BCUT2D eigenvalue weighted by Crippen LogP contribution is -2.27. The highest BCUT2D eigenvalue weighted by atomic mass is 32.2. The van der Waals surface area contributed by atoms with E-state index in [1.54, 1.807) is 38.5 Å². The van der Waals surface area contributed by atoms with Gasteiger partial charge in [-0.2, -0.15) is 0 Å². The van der Waals surface area contributed by atoms with Gasteiger partial charge in [0.2, 0.25) is 0 Å². The van der Waals surface area contributed by atoms with Gasteiger partial charge in [-0.05, 0) is 23.8 Å². The first-order valence-electron chi connectivity index (χ1n) is 7.85. The van der Waals surface area contributed by atoms with E-state index in [1.807, 2.05) is 42.5 Å². The number of thioether (sulfide) groups is 1. The van der Waals surface area contributed by atoms with E-state index in [4.69, 9.17) is 21.7 Å². The molecule has 132 valence electrons. The summed E-state index contributed by atoms with van der Waals surface area (Å²) in [5.74, 6) is 1.01. The van der Waals surface area contributed by atoms with Crippen molar-refractivity contribution >= 4 is 46.0 Å². The average molecular weight is 383 g/mol. The second kappa shape index (κ2) is 8.21. The van der Waals surface area contributed by atoms with Crippen LogP contribution in [-0.2, 0) is 4.79 Å². The lowest BCUT2D eigenvalue weighted by Gasteiger charge is -2.18. The Labute approximate surface area is 162 Å². The third-order valence-corrected chi connectivity index (χ3v) is 5.08. The molecule has 1 aliphatic rings. The fourth-order valence-electron chi connectivity index (χ4n) is 2.47. The van der Waals surface area contributed by atoms with Crippen LogP contribution in [0.5, 0.6) is 11.5 Å². The summed E-state index contributed by atoms with van der Waals surface area (Å²) in [6.45, 7) is 0. The summed E-state index contributed by atoms with van der Waals surface area (Å²) in [5, 5.41) is 0. The number of benzene rings is 2. The Balaban J connectivity index is 1.85. The summed E-state index contributed by atoms with van der Waals surface area (Å²) in [4.78, 5) is 14.9. The molecule has 0 radical (unpaired) electrons. The molecule has 1 heterocycles. The Kier molecular flexibility index (Phi) is 5.75.